The van der Waals surface area contributed by atoms with E-state index in [4.69, 9.17) is 11.6 Å². The third-order valence-electron chi connectivity index (χ3n) is 5.84. The Labute approximate surface area is 216 Å². The summed E-state index contributed by atoms with van der Waals surface area (Å²) in [6, 6.07) is 16.1. The van der Waals surface area contributed by atoms with Crippen molar-refractivity contribution in [3.05, 3.63) is 80.9 Å². The topological polar surface area (TPSA) is 107 Å². The standard InChI is InChI=1S/C25H25BrClN5O3/c26-21-22(30-31-23(21)29-24(34)18-11-4-5-12-19(18)27)25(35)28-17-10-6-7-13-32(15-17)20(33)14-16-8-2-1-3-9-16/h1-5,8-9,11-12,17H,6-7,10,13-15H2,(H,28,35)(H2,29,30,31,34)/t17-/m1/s1. The first kappa shape index (κ1) is 24.9. The second kappa shape index (κ2) is 11.5. The minimum Gasteiger partial charge on any atom is -0.346 e. The van der Waals surface area contributed by atoms with E-state index in [1.54, 1.807) is 24.3 Å². The molecule has 3 amide bonds. The van der Waals surface area contributed by atoms with Gasteiger partial charge in [0.1, 0.15) is 5.69 Å². The molecule has 1 saturated heterocycles. The molecule has 0 saturated carbocycles. The van der Waals surface area contributed by atoms with Crippen LogP contribution in [0.1, 0.15) is 45.7 Å². The Balaban J connectivity index is 1.39. The number of amides is 3. The molecule has 1 aliphatic heterocycles. The summed E-state index contributed by atoms with van der Waals surface area (Å²) in [6.45, 7) is 1.11. The lowest BCUT2D eigenvalue weighted by molar-refractivity contribution is -0.130. The number of carbonyl (C=O) groups excluding carboxylic acids is 3. The van der Waals surface area contributed by atoms with Gasteiger partial charge in [-0.3, -0.25) is 19.5 Å². The third-order valence-corrected chi connectivity index (χ3v) is 6.94. The number of anilines is 1. The SMILES string of the molecule is O=C(Nc1n[nH]c(C(=O)N[C@@H]2CCCCN(C(=O)Cc3ccccc3)C2)c1Br)c1ccccc1Cl. The molecule has 35 heavy (non-hydrogen) atoms. The zero-order valence-electron chi connectivity index (χ0n) is 18.9. The average molecular weight is 559 g/mol. The van der Waals surface area contributed by atoms with E-state index in [1.165, 1.54) is 0 Å². The number of aromatic amines is 1. The molecule has 10 heteroatoms. The zero-order chi connectivity index (χ0) is 24.8. The van der Waals surface area contributed by atoms with E-state index in [2.05, 4.69) is 36.8 Å². The molecule has 2 heterocycles. The van der Waals surface area contributed by atoms with Crippen molar-refractivity contribution in [2.75, 3.05) is 18.4 Å². The van der Waals surface area contributed by atoms with E-state index in [-0.39, 0.29) is 29.4 Å². The molecule has 8 nitrogen and oxygen atoms in total. The molecule has 3 aromatic rings. The van der Waals surface area contributed by atoms with Gasteiger partial charge in [0, 0.05) is 19.1 Å². The second-order valence-electron chi connectivity index (χ2n) is 8.36. The number of rotatable bonds is 6. The fourth-order valence-electron chi connectivity index (χ4n) is 4.01. The quantitative estimate of drug-likeness (QED) is 0.416. The van der Waals surface area contributed by atoms with Crippen molar-refractivity contribution in [1.82, 2.24) is 20.4 Å². The van der Waals surface area contributed by atoms with Gasteiger partial charge in [0.05, 0.1) is 21.5 Å². The van der Waals surface area contributed by atoms with Crippen molar-refractivity contribution in [3.8, 4) is 0 Å². The average Bonchev–Trinajstić information content (AvgIpc) is 3.05. The van der Waals surface area contributed by atoms with Gasteiger partial charge in [0.2, 0.25) is 5.91 Å². The minimum absolute atomic E-state index is 0.0460. The van der Waals surface area contributed by atoms with E-state index in [0.717, 1.165) is 24.8 Å². The van der Waals surface area contributed by atoms with Gasteiger partial charge < -0.3 is 15.5 Å². The number of nitrogens with zero attached hydrogens (tertiary/aromatic N) is 2. The molecule has 0 radical (unpaired) electrons. The molecule has 0 aliphatic carbocycles. The van der Waals surface area contributed by atoms with E-state index < -0.39 is 5.91 Å². The molecule has 0 spiro atoms. The Morgan fingerprint density at radius 3 is 2.57 bits per heavy atom. The van der Waals surface area contributed by atoms with Crippen molar-refractivity contribution < 1.29 is 14.4 Å². The number of hydrogen-bond donors (Lipinski definition) is 3. The maximum Gasteiger partial charge on any atom is 0.270 e. The largest absolute Gasteiger partial charge is 0.346 e. The normalized spacial score (nSPS) is 15.8. The zero-order valence-corrected chi connectivity index (χ0v) is 21.2. The van der Waals surface area contributed by atoms with Gasteiger partial charge >= 0.3 is 0 Å². The lowest BCUT2D eigenvalue weighted by atomic mass is 10.1. The van der Waals surface area contributed by atoms with Crippen LogP contribution in [-0.2, 0) is 11.2 Å². The van der Waals surface area contributed by atoms with E-state index in [1.807, 2.05) is 35.2 Å². The number of likely N-dealkylation sites (tertiary alicyclic amines) is 1. The summed E-state index contributed by atoms with van der Waals surface area (Å²) in [5.74, 6) is -0.582. The highest BCUT2D eigenvalue weighted by Gasteiger charge is 2.26. The first-order chi connectivity index (χ1) is 16.9. The van der Waals surface area contributed by atoms with Crippen LogP contribution in [0.25, 0.3) is 0 Å². The van der Waals surface area contributed by atoms with E-state index in [9.17, 15) is 14.4 Å². The van der Waals surface area contributed by atoms with Crippen LogP contribution in [0.5, 0.6) is 0 Å². The predicted molar refractivity (Wildman–Crippen MR) is 138 cm³/mol. The monoisotopic (exact) mass is 557 g/mol. The van der Waals surface area contributed by atoms with Crippen molar-refractivity contribution >= 4 is 51.1 Å². The summed E-state index contributed by atoms with van der Waals surface area (Å²) >= 11 is 9.45. The number of benzene rings is 2. The van der Waals surface area contributed by atoms with Gasteiger partial charge in [-0.1, -0.05) is 54.1 Å². The van der Waals surface area contributed by atoms with Crippen LogP contribution >= 0.6 is 27.5 Å². The molecule has 0 bridgehead atoms. The maximum absolute atomic E-state index is 13.0. The van der Waals surface area contributed by atoms with Crippen molar-refractivity contribution in [3.63, 3.8) is 0 Å². The maximum atomic E-state index is 13.0. The summed E-state index contributed by atoms with van der Waals surface area (Å²) in [5.41, 5.74) is 1.45. The van der Waals surface area contributed by atoms with Crippen LogP contribution in [0, 0.1) is 0 Å². The predicted octanol–water partition coefficient (Wildman–Crippen LogP) is 4.43. The Morgan fingerprint density at radius 2 is 1.80 bits per heavy atom. The fourth-order valence-corrected chi connectivity index (χ4v) is 4.69. The molecule has 3 N–H and O–H groups in total. The lowest BCUT2D eigenvalue weighted by Crippen LogP contribution is -2.45. The van der Waals surface area contributed by atoms with Gasteiger partial charge in [-0.05, 0) is 52.9 Å². The molecule has 182 valence electrons. The van der Waals surface area contributed by atoms with Crippen LogP contribution in [0.3, 0.4) is 0 Å². The first-order valence-corrected chi connectivity index (χ1v) is 12.5. The number of halogens is 2. The first-order valence-electron chi connectivity index (χ1n) is 11.3. The van der Waals surface area contributed by atoms with Crippen LogP contribution < -0.4 is 10.6 Å². The molecular weight excluding hydrogens is 534 g/mol. The molecule has 0 unspecified atom stereocenters. The van der Waals surface area contributed by atoms with Gasteiger partial charge in [0.25, 0.3) is 11.8 Å². The van der Waals surface area contributed by atoms with Crippen LogP contribution in [-0.4, -0.2) is 52.0 Å². The number of carbonyl (C=O) groups is 3. The molecular formula is C25H25BrClN5O3. The van der Waals surface area contributed by atoms with Gasteiger partial charge in [-0.2, -0.15) is 5.10 Å². The fraction of sp³-hybridized carbons (Fsp3) is 0.280. The Morgan fingerprint density at radius 1 is 1.06 bits per heavy atom. The Kier molecular flexibility index (Phi) is 8.20. The number of aromatic nitrogens is 2. The minimum atomic E-state index is -0.439. The third kappa shape index (κ3) is 6.29. The van der Waals surface area contributed by atoms with Crippen LogP contribution in [0.15, 0.2) is 59.1 Å². The second-order valence-corrected chi connectivity index (χ2v) is 9.56. The Hall–Kier alpha value is -3.17. The number of nitrogens with one attached hydrogen (secondary N) is 3. The van der Waals surface area contributed by atoms with Crippen LogP contribution in [0.4, 0.5) is 5.82 Å². The highest BCUT2D eigenvalue weighted by molar-refractivity contribution is 9.10. The van der Waals surface area contributed by atoms with Gasteiger partial charge in [-0.15, -0.1) is 0 Å². The molecule has 1 aromatic heterocycles. The van der Waals surface area contributed by atoms with E-state index in [0.29, 0.717) is 34.6 Å². The highest BCUT2D eigenvalue weighted by atomic mass is 79.9. The number of hydrogen-bond acceptors (Lipinski definition) is 4. The van der Waals surface area contributed by atoms with Crippen molar-refractivity contribution in [2.24, 2.45) is 0 Å². The summed E-state index contributed by atoms with van der Waals surface area (Å²) < 4.78 is 0.334. The number of H-pyrrole nitrogens is 1. The smallest absolute Gasteiger partial charge is 0.270 e. The molecule has 1 atom stereocenters. The Bertz CT molecular complexity index is 1220. The van der Waals surface area contributed by atoms with Gasteiger partial charge in [-0.25, -0.2) is 0 Å². The molecule has 1 fully saturated rings. The highest BCUT2D eigenvalue weighted by Crippen LogP contribution is 2.25. The summed E-state index contributed by atoms with van der Waals surface area (Å²) in [5, 5.41) is 12.7. The molecule has 4 rings (SSSR count). The molecule has 1 aliphatic rings. The summed E-state index contributed by atoms with van der Waals surface area (Å²) in [4.78, 5) is 40.2. The summed E-state index contributed by atoms with van der Waals surface area (Å²) in [7, 11) is 0. The lowest BCUT2D eigenvalue weighted by Gasteiger charge is -2.25. The van der Waals surface area contributed by atoms with Crippen molar-refractivity contribution in [1.29, 1.82) is 0 Å². The molecule has 2 aromatic carbocycles. The van der Waals surface area contributed by atoms with Gasteiger partial charge in [0.15, 0.2) is 5.82 Å². The van der Waals surface area contributed by atoms with Crippen LogP contribution in [0.2, 0.25) is 5.02 Å². The summed E-state index contributed by atoms with van der Waals surface area (Å²) in [6.07, 6.45) is 2.90. The van der Waals surface area contributed by atoms with Crippen molar-refractivity contribution in [2.45, 2.75) is 31.7 Å². The van der Waals surface area contributed by atoms with E-state index >= 15 is 0 Å².